The molecule has 5 nitrogen and oxygen atoms in total. The lowest BCUT2D eigenvalue weighted by atomic mass is 10.0. The van der Waals surface area contributed by atoms with Crippen LogP contribution in [0.5, 0.6) is 5.75 Å². The number of rotatable bonds is 6. The van der Waals surface area contributed by atoms with Gasteiger partial charge in [0.15, 0.2) is 0 Å². The number of nitrogen functional groups attached to an aromatic ring is 1. The molecule has 0 unspecified atom stereocenters. The van der Waals surface area contributed by atoms with Gasteiger partial charge in [0, 0.05) is 19.5 Å². The van der Waals surface area contributed by atoms with Gasteiger partial charge in [-0.3, -0.25) is 9.36 Å². The van der Waals surface area contributed by atoms with E-state index in [0.717, 1.165) is 24.2 Å². The fourth-order valence-corrected chi connectivity index (χ4v) is 2.92. The SMILES string of the molecule is COc1cccc(CCc2cccc(Cc3cc(=O)n(C)c(N)n3)c2)c1. The zero-order valence-electron chi connectivity index (χ0n) is 15.1. The lowest BCUT2D eigenvalue weighted by Gasteiger charge is -2.08. The quantitative estimate of drug-likeness (QED) is 0.743. The number of methoxy groups -OCH3 is 1. The molecule has 0 aliphatic carbocycles. The Bertz CT molecular complexity index is 963. The van der Waals surface area contributed by atoms with Crippen molar-refractivity contribution in [3.05, 3.63) is 87.3 Å². The van der Waals surface area contributed by atoms with Gasteiger partial charge in [0.2, 0.25) is 5.95 Å². The van der Waals surface area contributed by atoms with Crippen molar-refractivity contribution in [1.82, 2.24) is 9.55 Å². The summed E-state index contributed by atoms with van der Waals surface area (Å²) in [6.07, 6.45) is 2.47. The van der Waals surface area contributed by atoms with Crippen LogP contribution in [-0.4, -0.2) is 16.7 Å². The van der Waals surface area contributed by atoms with Crippen molar-refractivity contribution in [2.45, 2.75) is 19.3 Å². The first-order chi connectivity index (χ1) is 12.5. The lowest BCUT2D eigenvalue weighted by Crippen LogP contribution is -2.21. The van der Waals surface area contributed by atoms with Gasteiger partial charge in [-0.05, 0) is 41.7 Å². The summed E-state index contributed by atoms with van der Waals surface area (Å²) in [7, 11) is 3.30. The van der Waals surface area contributed by atoms with E-state index in [1.807, 2.05) is 24.3 Å². The summed E-state index contributed by atoms with van der Waals surface area (Å²) in [6.45, 7) is 0. The zero-order chi connectivity index (χ0) is 18.5. The van der Waals surface area contributed by atoms with Crippen LogP contribution < -0.4 is 16.0 Å². The van der Waals surface area contributed by atoms with Gasteiger partial charge in [0.1, 0.15) is 5.75 Å². The van der Waals surface area contributed by atoms with Gasteiger partial charge in [0.05, 0.1) is 12.8 Å². The number of hydrogen-bond acceptors (Lipinski definition) is 4. The highest BCUT2D eigenvalue weighted by molar-refractivity contribution is 5.32. The highest BCUT2D eigenvalue weighted by Gasteiger charge is 2.05. The molecule has 0 fully saturated rings. The maximum absolute atomic E-state index is 11.9. The third-order valence-electron chi connectivity index (χ3n) is 4.44. The van der Waals surface area contributed by atoms with Crippen LogP contribution in [0.4, 0.5) is 5.95 Å². The Balaban J connectivity index is 1.71. The molecule has 0 spiro atoms. The second-order valence-electron chi connectivity index (χ2n) is 6.35. The number of benzene rings is 2. The smallest absolute Gasteiger partial charge is 0.254 e. The van der Waals surface area contributed by atoms with Crippen molar-refractivity contribution in [2.24, 2.45) is 7.05 Å². The third kappa shape index (κ3) is 4.30. The van der Waals surface area contributed by atoms with Crippen molar-refractivity contribution >= 4 is 5.95 Å². The van der Waals surface area contributed by atoms with Crippen LogP contribution >= 0.6 is 0 Å². The predicted octanol–water partition coefficient (Wildman–Crippen LogP) is 2.75. The highest BCUT2D eigenvalue weighted by Crippen LogP contribution is 2.16. The van der Waals surface area contributed by atoms with Gasteiger partial charge in [-0.15, -0.1) is 0 Å². The molecular formula is C21H23N3O2. The second-order valence-corrected chi connectivity index (χ2v) is 6.35. The maximum atomic E-state index is 11.9. The molecule has 0 radical (unpaired) electrons. The largest absolute Gasteiger partial charge is 0.497 e. The van der Waals surface area contributed by atoms with Crippen molar-refractivity contribution in [1.29, 1.82) is 0 Å². The van der Waals surface area contributed by atoms with Gasteiger partial charge in [-0.2, -0.15) is 0 Å². The molecule has 2 N–H and O–H groups in total. The second kappa shape index (κ2) is 7.87. The minimum atomic E-state index is -0.137. The molecule has 0 saturated carbocycles. The Morgan fingerprint density at radius 2 is 1.65 bits per heavy atom. The average Bonchev–Trinajstić information content (AvgIpc) is 2.65. The van der Waals surface area contributed by atoms with E-state index in [2.05, 4.69) is 29.2 Å². The molecule has 0 aliphatic heterocycles. The fourth-order valence-electron chi connectivity index (χ4n) is 2.92. The summed E-state index contributed by atoms with van der Waals surface area (Å²) in [4.78, 5) is 16.2. The van der Waals surface area contributed by atoms with E-state index in [1.54, 1.807) is 20.2 Å². The van der Waals surface area contributed by atoms with Crippen molar-refractivity contribution in [3.8, 4) is 5.75 Å². The molecule has 0 atom stereocenters. The minimum absolute atomic E-state index is 0.137. The molecule has 3 rings (SSSR count). The van der Waals surface area contributed by atoms with Gasteiger partial charge in [0.25, 0.3) is 5.56 Å². The minimum Gasteiger partial charge on any atom is -0.497 e. The number of nitrogens with two attached hydrogens (primary N) is 1. The maximum Gasteiger partial charge on any atom is 0.254 e. The van der Waals surface area contributed by atoms with E-state index in [4.69, 9.17) is 10.5 Å². The van der Waals surface area contributed by atoms with Crippen LogP contribution in [0, 0.1) is 0 Å². The Morgan fingerprint density at radius 1 is 1.00 bits per heavy atom. The van der Waals surface area contributed by atoms with E-state index >= 15 is 0 Å². The summed E-state index contributed by atoms with van der Waals surface area (Å²) in [5.41, 5.74) is 9.95. The molecular weight excluding hydrogens is 326 g/mol. The molecule has 0 saturated heterocycles. The van der Waals surface area contributed by atoms with E-state index in [0.29, 0.717) is 12.1 Å². The Kier molecular flexibility index (Phi) is 5.37. The zero-order valence-corrected chi connectivity index (χ0v) is 15.1. The van der Waals surface area contributed by atoms with Crippen molar-refractivity contribution in [3.63, 3.8) is 0 Å². The topological polar surface area (TPSA) is 70.1 Å². The fraction of sp³-hybridized carbons (Fsp3) is 0.238. The van der Waals surface area contributed by atoms with E-state index in [9.17, 15) is 4.79 Å². The number of anilines is 1. The van der Waals surface area contributed by atoms with Gasteiger partial charge < -0.3 is 10.5 Å². The first-order valence-electron chi connectivity index (χ1n) is 8.58. The van der Waals surface area contributed by atoms with E-state index in [-0.39, 0.29) is 11.5 Å². The molecule has 0 bridgehead atoms. The number of hydrogen-bond donors (Lipinski definition) is 1. The Morgan fingerprint density at radius 3 is 2.35 bits per heavy atom. The Hall–Kier alpha value is -3.08. The standard InChI is InChI=1S/C21H23N3O2/c1-24-20(25)14-18(23-21(24)22)12-17-7-3-5-15(11-17)9-10-16-6-4-8-19(13-16)26-2/h3-8,11,13-14H,9-10,12H2,1-2H3,(H2,22,23). The van der Waals surface area contributed by atoms with Crippen LogP contribution in [0.15, 0.2) is 59.4 Å². The molecule has 1 aromatic heterocycles. The number of aromatic nitrogens is 2. The van der Waals surface area contributed by atoms with Crippen molar-refractivity contribution in [2.75, 3.05) is 12.8 Å². The summed E-state index contributed by atoms with van der Waals surface area (Å²) in [6, 6.07) is 18.0. The van der Waals surface area contributed by atoms with E-state index in [1.165, 1.54) is 15.7 Å². The summed E-state index contributed by atoms with van der Waals surface area (Å²) >= 11 is 0. The summed E-state index contributed by atoms with van der Waals surface area (Å²) < 4.78 is 6.62. The van der Waals surface area contributed by atoms with Crippen LogP contribution in [0.25, 0.3) is 0 Å². The molecule has 0 amide bonds. The van der Waals surface area contributed by atoms with Gasteiger partial charge >= 0.3 is 0 Å². The molecule has 0 aliphatic rings. The van der Waals surface area contributed by atoms with Gasteiger partial charge in [-0.1, -0.05) is 36.4 Å². The van der Waals surface area contributed by atoms with Crippen molar-refractivity contribution < 1.29 is 4.74 Å². The first kappa shape index (κ1) is 17.7. The highest BCUT2D eigenvalue weighted by atomic mass is 16.5. The normalized spacial score (nSPS) is 10.7. The van der Waals surface area contributed by atoms with E-state index < -0.39 is 0 Å². The molecule has 26 heavy (non-hydrogen) atoms. The average molecular weight is 349 g/mol. The number of aryl methyl sites for hydroxylation is 2. The van der Waals surface area contributed by atoms with Crippen LogP contribution in [0.1, 0.15) is 22.4 Å². The monoisotopic (exact) mass is 349 g/mol. The van der Waals surface area contributed by atoms with Crippen LogP contribution in [-0.2, 0) is 26.3 Å². The lowest BCUT2D eigenvalue weighted by molar-refractivity contribution is 0.414. The molecule has 134 valence electrons. The molecule has 1 heterocycles. The Labute approximate surface area is 153 Å². The molecule has 5 heteroatoms. The third-order valence-corrected chi connectivity index (χ3v) is 4.44. The number of nitrogens with zero attached hydrogens (tertiary/aromatic N) is 2. The molecule has 2 aromatic carbocycles. The number of ether oxygens (including phenoxy) is 1. The summed E-state index contributed by atoms with van der Waals surface area (Å²) in [5.74, 6) is 1.12. The van der Waals surface area contributed by atoms with Crippen LogP contribution in [0.3, 0.4) is 0 Å². The molecule has 3 aromatic rings. The predicted molar refractivity (Wildman–Crippen MR) is 104 cm³/mol. The van der Waals surface area contributed by atoms with Gasteiger partial charge in [-0.25, -0.2) is 4.98 Å². The summed E-state index contributed by atoms with van der Waals surface area (Å²) in [5, 5.41) is 0. The van der Waals surface area contributed by atoms with Crippen LogP contribution in [0.2, 0.25) is 0 Å². The first-order valence-corrected chi connectivity index (χ1v) is 8.58.